The van der Waals surface area contributed by atoms with E-state index in [2.05, 4.69) is 20.3 Å². The van der Waals surface area contributed by atoms with Crippen molar-refractivity contribution >= 4 is 23.0 Å². The van der Waals surface area contributed by atoms with Gasteiger partial charge in [0.15, 0.2) is 0 Å². The predicted octanol–water partition coefficient (Wildman–Crippen LogP) is 1.43. The summed E-state index contributed by atoms with van der Waals surface area (Å²) in [6.45, 7) is 2.40. The van der Waals surface area contributed by atoms with Gasteiger partial charge in [-0.15, -0.1) is 0 Å². The van der Waals surface area contributed by atoms with Gasteiger partial charge >= 0.3 is 0 Å². The van der Waals surface area contributed by atoms with Crippen molar-refractivity contribution in [1.82, 2.24) is 15.0 Å². The molecular weight excluding hydrogens is 246 g/mol. The van der Waals surface area contributed by atoms with Gasteiger partial charge in [0.05, 0.1) is 17.8 Å². The Labute approximate surface area is 110 Å². The van der Waals surface area contributed by atoms with Crippen molar-refractivity contribution in [3.63, 3.8) is 0 Å². The van der Waals surface area contributed by atoms with Crippen molar-refractivity contribution in [2.24, 2.45) is 5.73 Å². The van der Waals surface area contributed by atoms with E-state index in [4.69, 9.17) is 18.0 Å². The number of aromatic nitrogens is 3. The zero-order chi connectivity index (χ0) is 13.0. The van der Waals surface area contributed by atoms with E-state index in [1.165, 1.54) is 0 Å². The molecule has 92 valence electrons. The first-order valence-electron chi connectivity index (χ1n) is 5.44. The molecule has 0 saturated carbocycles. The Bertz CT molecular complexity index is 570. The van der Waals surface area contributed by atoms with Crippen molar-refractivity contribution < 1.29 is 0 Å². The average Bonchev–Trinajstić information content (AvgIpc) is 2.37. The van der Waals surface area contributed by atoms with E-state index in [0.29, 0.717) is 17.4 Å². The molecule has 2 rings (SSSR count). The zero-order valence-electron chi connectivity index (χ0n) is 9.92. The van der Waals surface area contributed by atoms with Crippen LogP contribution in [0.15, 0.2) is 30.6 Å². The van der Waals surface area contributed by atoms with Crippen molar-refractivity contribution in [3.8, 4) is 0 Å². The summed E-state index contributed by atoms with van der Waals surface area (Å²) < 4.78 is 0. The Morgan fingerprint density at radius 3 is 2.89 bits per heavy atom. The average molecular weight is 259 g/mol. The van der Waals surface area contributed by atoms with E-state index in [1.807, 2.05) is 19.1 Å². The van der Waals surface area contributed by atoms with Gasteiger partial charge < -0.3 is 11.1 Å². The minimum atomic E-state index is 0.324. The third-order valence-corrected chi connectivity index (χ3v) is 2.56. The van der Waals surface area contributed by atoms with E-state index in [0.717, 1.165) is 17.1 Å². The molecule has 0 aliphatic heterocycles. The fraction of sp³-hybridized carbons (Fsp3) is 0.167. The zero-order valence-corrected chi connectivity index (χ0v) is 10.7. The van der Waals surface area contributed by atoms with Gasteiger partial charge in [-0.25, -0.2) is 15.0 Å². The first-order chi connectivity index (χ1) is 8.66. The van der Waals surface area contributed by atoms with Crippen molar-refractivity contribution in [2.75, 3.05) is 5.32 Å². The number of nitrogens with zero attached hydrogens (tertiary/aromatic N) is 3. The summed E-state index contributed by atoms with van der Waals surface area (Å²) in [5.74, 6) is 1.41. The molecule has 0 spiro atoms. The molecule has 0 amide bonds. The fourth-order valence-electron chi connectivity index (χ4n) is 1.52. The summed E-state index contributed by atoms with van der Waals surface area (Å²) >= 11 is 4.97. The lowest BCUT2D eigenvalue weighted by Gasteiger charge is -2.09. The van der Waals surface area contributed by atoms with Gasteiger partial charge in [0, 0.05) is 12.4 Å². The van der Waals surface area contributed by atoms with Gasteiger partial charge in [-0.05, 0) is 25.1 Å². The van der Waals surface area contributed by atoms with Crippen LogP contribution in [-0.4, -0.2) is 19.9 Å². The topological polar surface area (TPSA) is 76.7 Å². The smallest absolute Gasteiger partial charge is 0.136 e. The quantitative estimate of drug-likeness (QED) is 0.809. The van der Waals surface area contributed by atoms with Crippen LogP contribution in [0, 0.1) is 6.92 Å². The molecule has 2 aromatic heterocycles. The minimum absolute atomic E-state index is 0.324. The molecule has 0 radical (unpaired) electrons. The van der Waals surface area contributed by atoms with Crippen LogP contribution in [0.4, 0.5) is 5.82 Å². The highest BCUT2D eigenvalue weighted by atomic mass is 32.1. The van der Waals surface area contributed by atoms with Crippen LogP contribution < -0.4 is 11.1 Å². The van der Waals surface area contributed by atoms with Crippen molar-refractivity contribution in [1.29, 1.82) is 0 Å². The summed E-state index contributed by atoms with van der Waals surface area (Å²) in [7, 11) is 0. The third-order valence-electron chi connectivity index (χ3n) is 2.34. The molecule has 0 aliphatic carbocycles. The number of hydrogen-bond donors (Lipinski definition) is 2. The van der Waals surface area contributed by atoms with Crippen LogP contribution in [-0.2, 0) is 6.54 Å². The number of thiocarbonyl (C=S) groups is 1. The normalized spacial score (nSPS) is 10.1. The van der Waals surface area contributed by atoms with Crippen LogP contribution in [0.5, 0.6) is 0 Å². The van der Waals surface area contributed by atoms with E-state index in [9.17, 15) is 0 Å². The van der Waals surface area contributed by atoms with Crippen LogP contribution in [0.1, 0.15) is 17.1 Å². The Balaban J connectivity index is 2.13. The first kappa shape index (κ1) is 12.4. The number of nitrogens with one attached hydrogen (secondary N) is 1. The van der Waals surface area contributed by atoms with Crippen molar-refractivity contribution in [3.05, 3.63) is 47.7 Å². The number of pyridine rings is 1. The van der Waals surface area contributed by atoms with Gasteiger partial charge in [-0.2, -0.15) is 0 Å². The van der Waals surface area contributed by atoms with Crippen LogP contribution >= 0.6 is 12.2 Å². The standard InChI is InChI=1S/C12H13N5S/c1-8-14-6-4-9(17-8)7-16-12-10(11(13)18)3-2-5-15-12/h2-6H,7H2,1H3,(H2,13,18)(H,15,16). The molecule has 2 aromatic rings. The maximum atomic E-state index is 5.63. The second kappa shape index (κ2) is 5.50. The summed E-state index contributed by atoms with van der Waals surface area (Å²) in [6.07, 6.45) is 3.42. The molecule has 0 fully saturated rings. The van der Waals surface area contributed by atoms with Gasteiger partial charge in [0.25, 0.3) is 0 Å². The molecule has 0 aliphatic rings. The summed E-state index contributed by atoms with van der Waals surface area (Å²) in [4.78, 5) is 12.9. The number of aryl methyl sites for hydroxylation is 1. The second-order valence-electron chi connectivity index (χ2n) is 3.71. The van der Waals surface area contributed by atoms with Crippen molar-refractivity contribution in [2.45, 2.75) is 13.5 Å². The lowest BCUT2D eigenvalue weighted by molar-refractivity contribution is 0.949. The molecule has 0 saturated heterocycles. The monoisotopic (exact) mass is 259 g/mol. The molecule has 0 bridgehead atoms. The Hall–Kier alpha value is -2.08. The molecule has 6 heteroatoms. The van der Waals surface area contributed by atoms with Gasteiger partial charge in [-0.3, -0.25) is 0 Å². The number of nitrogens with two attached hydrogens (primary N) is 1. The van der Waals surface area contributed by atoms with Gasteiger partial charge in [0.2, 0.25) is 0 Å². The van der Waals surface area contributed by atoms with E-state index >= 15 is 0 Å². The highest BCUT2D eigenvalue weighted by Crippen LogP contribution is 2.12. The van der Waals surface area contributed by atoms with Crippen LogP contribution in [0.3, 0.4) is 0 Å². The molecule has 0 unspecified atom stereocenters. The first-order valence-corrected chi connectivity index (χ1v) is 5.85. The van der Waals surface area contributed by atoms with Gasteiger partial charge in [-0.1, -0.05) is 12.2 Å². The van der Waals surface area contributed by atoms with E-state index in [-0.39, 0.29) is 0 Å². The lowest BCUT2D eigenvalue weighted by atomic mass is 10.2. The molecule has 0 aromatic carbocycles. The molecule has 0 atom stereocenters. The highest BCUT2D eigenvalue weighted by Gasteiger charge is 2.05. The molecule has 5 nitrogen and oxygen atoms in total. The maximum Gasteiger partial charge on any atom is 0.136 e. The fourth-order valence-corrected chi connectivity index (χ4v) is 1.69. The molecule has 2 heterocycles. The number of hydrogen-bond acceptors (Lipinski definition) is 5. The van der Waals surface area contributed by atoms with E-state index in [1.54, 1.807) is 18.5 Å². The van der Waals surface area contributed by atoms with Gasteiger partial charge in [0.1, 0.15) is 16.6 Å². The summed E-state index contributed by atoms with van der Waals surface area (Å²) in [5.41, 5.74) is 7.26. The maximum absolute atomic E-state index is 5.63. The predicted molar refractivity (Wildman–Crippen MR) is 74.2 cm³/mol. The Morgan fingerprint density at radius 2 is 2.17 bits per heavy atom. The van der Waals surface area contributed by atoms with Crippen LogP contribution in [0.25, 0.3) is 0 Å². The Morgan fingerprint density at radius 1 is 1.33 bits per heavy atom. The number of anilines is 1. The SMILES string of the molecule is Cc1nccc(CNc2ncccc2C(N)=S)n1. The molecular formula is C12H13N5S. The highest BCUT2D eigenvalue weighted by molar-refractivity contribution is 7.80. The molecule has 3 N–H and O–H groups in total. The van der Waals surface area contributed by atoms with Crippen LogP contribution in [0.2, 0.25) is 0 Å². The second-order valence-corrected chi connectivity index (χ2v) is 4.15. The minimum Gasteiger partial charge on any atom is -0.389 e. The summed E-state index contributed by atoms with van der Waals surface area (Å²) in [5, 5.41) is 3.17. The lowest BCUT2D eigenvalue weighted by Crippen LogP contribution is -2.14. The van der Waals surface area contributed by atoms with E-state index < -0.39 is 0 Å². The number of rotatable bonds is 4. The summed E-state index contributed by atoms with van der Waals surface area (Å²) in [6, 6.07) is 5.49. The largest absolute Gasteiger partial charge is 0.389 e. The Kier molecular flexibility index (Phi) is 3.78. The third kappa shape index (κ3) is 2.98. The molecule has 18 heavy (non-hydrogen) atoms.